The zero-order chi connectivity index (χ0) is 14.5. The summed E-state index contributed by atoms with van der Waals surface area (Å²) in [4.78, 5) is 6.03. The molecule has 1 aliphatic carbocycles. The molecular weight excluding hydrogens is 296 g/mol. The molecule has 2 aromatic rings. The summed E-state index contributed by atoms with van der Waals surface area (Å²) >= 11 is 3.68. The number of nitrogens with one attached hydrogen (secondary N) is 1. The zero-order valence-corrected chi connectivity index (χ0v) is 14.1. The lowest BCUT2D eigenvalue weighted by molar-refractivity contribution is 0.687. The van der Waals surface area contributed by atoms with Crippen molar-refractivity contribution in [1.82, 2.24) is 10.3 Å². The molecule has 3 rings (SSSR count). The minimum absolute atomic E-state index is 0.772. The van der Waals surface area contributed by atoms with E-state index in [-0.39, 0.29) is 0 Å². The van der Waals surface area contributed by atoms with Gasteiger partial charge < -0.3 is 5.32 Å². The minimum atomic E-state index is 0.772. The number of hydrogen-bond donors (Lipinski definition) is 1. The van der Waals surface area contributed by atoms with Crippen molar-refractivity contribution in [2.45, 2.75) is 55.8 Å². The normalized spacial score (nSPS) is 14.5. The van der Waals surface area contributed by atoms with Crippen LogP contribution in [0.15, 0.2) is 34.5 Å². The highest BCUT2D eigenvalue weighted by atomic mass is 32.2. The van der Waals surface area contributed by atoms with E-state index < -0.39 is 0 Å². The van der Waals surface area contributed by atoms with E-state index in [0.717, 1.165) is 24.8 Å². The van der Waals surface area contributed by atoms with Gasteiger partial charge in [0, 0.05) is 28.6 Å². The minimum Gasteiger partial charge on any atom is -0.310 e. The number of benzene rings is 1. The van der Waals surface area contributed by atoms with Crippen LogP contribution in [-0.4, -0.2) is 11.0 Å². The molecule has 1 aromatic heterocycles. The number of thioether (sulfide) groups is 1. The molecule has 2 nitrogen and oxygen atoms in total. The summed E-state index contributed by atoms with van der Waals surface area (Å²) in [6.45, 7) is 3.20. The molecule has 1 heterocycles. The third kappa shape index (κ3) is 4.83. The van der Waals surface area contributed by atoms with Gasteiger partial charge in [0.1, 0.15) is 0 Å². The Morgan fingerprint density at radius 3 is 3.10 bits per heavy atom. The lowest BCUT2D eigenvalue weighted by Crippen LogP contribution is -2.15. The number of hydrogen-bond acceptors (Lipinski definition) is 4. The molecule has 0 spiro atoms. The molecule has 1 fully saturated rings. The van der Waals surface area contributed by atoms with Gasteiger partial charge in [-0.2, -0.15) is 0 Å². The lowest BCUT2D eigenvalue weighted by atomic mass is 10.2. The third-order valence-electron chi connectivity index (χ3n) is 3.52. The average Bonchev–Trinajstić information content (AvgIpc) is 3.23. The van der Waals surface area contributed by atoms with Crippen LogP contribution in [0.25, 0.3) is 0 Å². The van der Waals surface area contributed by atoms with Crippen molar-refractivity contribution in [2.75, 3.05) is 0 Å². The second kappa shape index (κ2) is 7.43. The van der Waals surface area contributed by atoms with Crippen LogP contribution in [0.3, 0.4) is 0 Å². The monoisotopic (exact) mass is 318 g/mol. The van der Waals surface area contributed by atoms with Crippen LogP contribution in [-0.2, 0) is 18.7 Å². The first-order valence-electron chi connectivity index (χ1n) is 7.72. The zero-order valence-electron chi connectivity index (χ0n) is 12.5. The SMILES string of the molecule is CCCc1nc(CSc2cccc(CNC3CC3)c2)cs1. The molecule has 21 heavy (non-hydrogen) atoms. The van der Waals surface area contributed by atoms with E-state index in [1.807, 2.05) is 11.8 Å². The van der Waals surface area contributed by atoms with Crippen molar-refractivity contribution in [2.24, 2.45) is 0 Å². The fourth-order valence-electron chi connectivity index (χ4n) is 2.20. The van der Waals surface area contributed by atoms with Crippen LogP contribution in [0.5, 0.6) is 0 Å². The molecule has 4 heteroatoms. The van der Waals surface area contributed by atoms with Crippen molar-refractivity contribution < 1.29 is 0 Å². The standard InChI is InChI=1S/C17H22N2S2/c1-2-4-17-19-15(12-21-17)11-20-16-6-3-5-13(9-16)10-18-14-7-8-14/h3,5-6,9,12,14,18H,2,4,7-8,10-11H2,1H3. The van der Waals surface area contributed by atoms with E-state index in [0.29, 0.717) is 0 Å². The fraction of sp³-hybridized carbons (Fsp3) is 0.471. The quantitative estimate of drug-likeness (QED) is 0.718. The Hall–Kier alpha value is -0.840. The molecule has 0 saturated heterocycles. The van der Waals surface area contributed by atoms with Gasteiger partial charge >= 0.3 is 0 Å². The first kappa shape index (κ1) is 15.1. The second-order valence-electron chi connectivity index (χ2n) is 5.57. The summed E-state index contributed by atoms with van der Waals surface area (Å²) in [5.74, 6) is 0.972. The maximum absolute atomic E-state index is 4.69. The lowest BCUT2D eigenvalue weighted by Gasteiger charge is -2.05. The number of thiazole rings is 1. The molecule has 0 radical (unpaired) electrons. The molecule has 112 valence electrons. The van der Waals surface area contributed by atoms with Crippen LogP contribution in [0.2, 0.25) is 0 Å². The number of nitrogens with zero attached hydrogens (tertiary/aromatic N) is 1. The summed E-state index contributed by atoms with van der Waals surface area (Å²) in [5, 5.41) is 7.05. The molecule has 0 aliphatic heterocycles. The molecule has 0 unspecified atom stereocenters. The Labute approximate surface area is 135 Å². The smallest absolute Gasteiger partial charge is 0.0928 e. The van der Waals surface area contributed by atoms with Gasteiger partial charge in [0.2, 0.25) is 0 Å². The van der Waals surface area contributed by atoms with Crippen molar-refractivity contribution in [3.05, 3.63) is 45.9 Å². The molecule has 1 aliphatic rings. The van der Waals surface area contributed by atoms with Crippen LogP contribution >= 0.6 is 23.1 Å². The fourth-order valence-corrected chi connectivity index (χ4v) is 4.07. The molecular formula is C17H22N2S2. The number of rotatable bonds is 8. The third-order valence-corrected chi connectivity index (χ3v) is 5.51. The Morgan fingerprint density at radius 2 is 2.29 bits per heavy atom. The highest BCUT2D eigenvalue weighted by molar-refractivity contribution is 7.98. The van der Waals surface area contributed by atoms with Crippen molar-refractivity contribution in [1.29, 1.82) is 0 Å². The molecule has 1 aromatic carbocycles. The topological polar surface area (TPSA) is 24.9 Å². The summed E-state index contributed by atoms with van der Waals surface area (Å²) in [6.07, 6.45) is 4.98. The van der Waals surface area contributed by atoms with Gasteiger partial charge in [0.15, 0.2) is 0 Å². The van der Waals surface area contributed by atoms with Crippen LogP contribution in [0, 0.1) is 0 Å². The van der Waals surface area contributed by atoms with Gasteiger partial charge in [-0.1, -0.05) is 19.1 Å². The van der Waals surface area contributed by atoms with E-state index in [1.165, 1.54) is 40.4 Å². The predicted molar refractivity (Wildman–Crippen MR) is 92.0 cm³/mol. The van der Waals surface area contributed by atoms with Gasteiger partial charge in [0.25, 0.3) is 0 Å². The number of aromatic nitrogens is 1. The summed E-state index contributed by atoms with van der Waals surface area (Å²) < 4.78 is 0. The molecule has 0 atom stereocenters. The van der Waals surface area contributed by atoms with E-state index in [4.69, 9.17) is 4.98 Å². The van der Waals surface area contributed by atoms with Gasteiger partial charge in [-0.25, -0.2) is 4.98 Å². The highest BCUT2D eigenvalue weighted by Gasteiger charge is 2.19. The molecule has 1 N–H and O–H groups in total. The molecule has 1 saturated carbocycles. The van der Waals surface area contributed by atoms with Gasteiger partial charge in [0.05, 0.1) is 10.7 Å². The first-order chi connectivity index (χ1) is 10.3. The highest BCUT2D eigenvalue weighted by Crippen LogP contribution is 2.25. The molecule has 0 bridgehead atoms. The van der Waals surface area contributed by atoms with Crippen LogP contribution in [0.4, 0.5) is 0 Å². The largest absolute Gasteiger partial charge is 0.310 e. The summed E-state index contributed by atoms with van der Waals surface area (Å²) in [6, 6.07) is 9.65. The number of aryl methyl sites for hydroxylation is 1. The van der Waals surface area contributed by atoms with E-state index in [9.17, 15) is 0 Å². The Balaban J connectivity index is 1.52. The predicted octanol–water partition coefficient (Wildman–Crippen LogP) is 4.64. The van der Waals surface area contributed by atoms with Gasteiger partial charge in [-0.15, -0.1) is 23.1 Å². The van der Waals surface area contributed by atoms with Crippen molar-refractivity contribution >= 4 is 23.1 Å². The first-order valence-corrected chi connectivity index (χ1v) is 9.58. The summed E-state index contributed by atoms with van der Waals surface area (Å²) in [7, 11) is 0. The van der Waals surface area contributed by atoms with Gasteiger partial charge in [-0.3, -0.25) is 0 Å². The van der Waals surface area contributed by atoms with Crippen molar-refractivity contribution in [3.8, 4) is 0 Å². The van der Waals surface area contributed by atoms with Crippen LogP contribution in [0.1, 0.15) is 42.5 Å². The Morgan fingerprint density at radius 1 is 1.38 bits per heavy atom. The molecule has 0 amide bonds. The van der Waals surface area contributed by atoms with E-state index in [2.05, 4.69) is 41.9 Å². The van der Waals surface area contributed by atoms with Crippen molar-refractivity contribution in [3.63, 3.8) is 0 Å². The maximum Gasteiger partial charge on any atom is 0.0928 e. The maximum atomic E-state index is 4.69. The average molecular weight is 319 g/mol. The summed E-state index contributed by atoms with van der Waals surface area (Å²) in [5.41, 5.74) is 2.60. The Kier molecular flexibility index (Phi) is 5.33. The van der Waals surface area contributed by atoms with E-state index in [1.54, 1.807) is 11.3 Å². The Bertz CT molecular complexity index is 576. The van der Waals surface area contributed by atoms with Crippen LogP contribution < -0.4 is 5.32 Å². The van der Waals surface area contributed by atoms with Gasteiger partial charge in [-0.05, 0) is 43.4 Å². The van der Waals surface area contributed by atoms with E-state index >= 15 is 0 Å². The second-order valence-corrected chi connectivity index (χ2v) is 7.57.